The van der Waals surface area contributed by atoms with Gasteiger partial charge < -0.3 is 15.2 Å². The van der Waals surface area contributed by atoms with Crippen molar-refractivity contribution in [1.82, 2.24) is 5.32 Å². The maximum Gasteiger partial charge on any atom is 0.411 e. The Bertz CT molecular complexity index is 1240. The van der Waals surface area contributed by atoms with E-state index in [4.69, 9.17) is 16.3 Å². The largest absolute Gasteiger partial charge is 0.480 e. The lowest BCUT2D eigenvalue weighted by Crippen LogP contribution is -2.44. The first-order valence-electron chi connectivity index (χ1n) is 11.2. The lowest BCUT2D eigenvalue weighted by molar-refractivity contribution is -0.140. The molecule has 0 aromatic heterocycles. The molecule has 0 radical (unpaired) electrons. The number of carboxylic acids is 1. The third kappa shape index (κ3) is 5.15. The summed E-state index contributed by atoms with van der Waals surface area (Å²) in [6.07, 6.45) is -0.670. The SMILES string of the molecule is CC(C)C(NC(=O)c1ccc(NC(=O)OCC2c3ccccc3-c3ccccc32)c(Cl)c1)C(=O)O. The molecule has 1 aliphatic rings. The van der Waals surface area contributed by atoms with Crippen molar-refractivity contribution < 1.29 is 24.2 Å². The molecule has 0 aliphatic heterocycles. The van der Waals surface area contributed by atoms with E-state index in [2.05, 4.69) is 22.8 Å². The monoisotopic (exact) mass is 492 g/mol. The molecular formula is C27H25ClN2O5. The summed E-state index contributed by atoms with van der Waals surface area (Å²) in [6, 6.07) is 19.4. The van der Waals surface area contributed by atoms with Crippen LogP contribution in [0.1, 0.15) is 41.3 Å². The molecule has 0 saturated carbocycles. The Balaban J connectivity index is 1.40. The van der Waals surface area contributed by atoms with Crippen molar-refractivity contribution in [2.24, 2.45) is 5.92 Å². The molecule has 0 bridgehead atoms. The van der Waals surface area contributed by atoms with Crippen LogP contribution in [-0.2, 0) is 9.53 Å². The fourth-order valence-corrected chi connectivity index (χ4v) is 4.47. The number of hydrogen-bond acceptors (Lipinski definition) is 4. The number of nitrogens with one attached hydrogen (secondary N) is 2. The summed E-state index contributed by atoms with van der Waals surface area (Å²) < 4.78 is 5.53. The molecule has 8 heteroatoms. The summed E-state index contributed by atoms with van der Waals surface area (Å²) in [5, 5.41) is 14.5. The average Bonchev–Trinajstić information content (AvgIpc) is 3.15. The van der Waals surface area contributed by atoms with Crippen LogP contribution in [0.4, 0.5) is 10.5 Å². The number of fused-ring (bicyclic) bond motifs is 3. The van der Waals surface area contributed by atoms with Crippen LogP contribution in [0.3, 0.4) is 0 Å². The van der Waals surface area contributed by atoms with Gasteiger partial charge in [-0.15, -0.1) is 0 Å². The summed E-state index contributed by atoms with van der Waals surface area (Å²) in [4.78, 5) is 36.3. The van der Waals surface area contributed by atoms with Crippen LogP contribution < -0.4 is 10.6 Å². The molecule has 4 rings (SSSR count). The molecule has 3 aromatic carbocycles. The van der Waals surface area contributed by atoms with E-state index < -0.39 is 24.0 Å². The molecule has 180 valence electrons. The molecule has 1 aliphatic carbocycles. The van der Waals surface area contributed by atoms with Crippen molar-refractivity contribution in [3.8, 4) is 11.1 Å². The Morgan fingerprint density at radius 1 is 0.971 bits per heavy atom. The van der Waals surface area contributed by atoms with Gasteiger partial charge >= 0.3 is 12.1 Å². The summed E-state index contributed by atoms with van der Waals surface area (Å²) in [5.41, 5.74) is 4.94. The molecule has 0 spiro atoms. The topological polar surface area (TPSA) is 105 Å². The molecule has 2 amide bonds. The molecule has 7 nitrogen and oxygen atoms in total. The number of carbonyl (C=O) groups excluding carboxylic acids is 2. The molecular weight excluding hydrogens is 468 g/mol. The van der Waals surface area contributed by atoms with Crippen molar-refractivity contribution in [1.29, 1.82) is 0 Å². The zero-order chi connectivity index (χ0) is 25.1. The van der Waals surface area contributed by atoms with E-state index >= 15 is 0 Å². The van der Waals surface area contributed by atoms with Gasteiger partial charge in [0.2, 0.25) is 0 Å². The third-order valence-electron chi connectivity index (χ3n) is 6.03. The molecule has 1 atom stereocenters. The molecule has 3 N–H and O–H groups in total. The van der Waals surface area contributed by atoms with Gasteiger partial charge in [-0.3, -0.25) is 10.1 Å². The standard InChI is InChI=1S/C27H25ClN2O5/c1-15(2)24(26(32)33)30-25(31)16-11-12-23(22(28)13-16)29-27(34)35-14-21-19-9-5-3-7-17(19)18-8-4-6-10-20(18)21/h3-13,15,21,24H,14H2,1-2H3,(H,29,34)(H,30,31)(H,32,33). The summed E-state index contributed by atoms with van der Waals surface area (Å²) in [7, 11) is 0. The first-order valence-corrected chi connectivity index (χ1v) is 11.6. The van der Waals surface area contributed by atoms with E-state index in [0.29, 0.717) is 0 Å². The highest BCUT2D eigenvalue weighted by atomic mass is 35.5. The quantitative estimate of drug-likeness (QED) is 0.401. The Hall–Kier alpha value is -3.84. The number of hydrogen-bond donors (Lipinski definition) is 3. The fraction of sp³-hybridized carbons (Fsp3) is 0.222. The zero-order valence-electron chi connectivity index (χ0n) is 19.2. The van der Waals surface area contributed by atoms with Gasteiger partial charge in [0.05, 0.1) is 10.7 Å². The molecule has 0 heterocycles. The first kappa shape index (κ1) is 24.3. The smallest absolute Gasteiger partial charge is 0.411 e. The number of carboxylic acid groups (broad SMARTS) is 1. The van der Waals surface area contributed by atoms with Gasteiger partial charge in [-0.25, -0.2) is 9.59 Å². The molecule has 3 aromatic rings. The highest BCUT2D eigenvalue weighted by Gasteiger charge is 2.29. The molecule has 1 unspecified atom stereocenters. The predicted octanol–water partition coefficient (Wildman–Crippen LogP) is 5.54. The average molecular weight is 493 g/mol. The molecule has 0 saturated heterocycles. The maximum absolute atomic E-state index is 12.5. The van der Waals surface area contributed by atoms with Crippen molar-refractivity contribution in [2.45, 2.75) is 25.8 Å². The van der Waals surface area contributed by atoms with Gasteiger partial charge in [0.25, 0.3) is 5.91 Å². The maximum atomic E-state index is 12.5. The Kier molecular flexibility index (Phi) is 7.07. The molecule has 0 fully saturated rings. The van der Waals surface area contributed by atoms with Crippen molar-refractivity contribution in [2.75, 3.05) is 11.9 Å². The van der Waals surface area contributed by atoms with E-state index in [1.54, 1.807) is 13.8 Å². The minimum atomic E-state index is -1.12. The van der Waals surface area contributed by atoms with Crippen LogP contribution >= 0.6 is 11.6 Å². The second-order valence-corrected chi connectivity index (χ2v) is 9.09. The van der Waals surface area contributed by atoms with Crippen molar-refractivity contribution in [3.05, 3.63) is 88.4 Å². The third-order valence-corrected chi connectivity index (χ3v) is 6.34. The summed E-state index contributed by atoms with van der Waals surface area (Å²) >= 11 is 6.27. The minimum absolute atomic E-state index is 0.0715. The number of halogens is 1. The number of anilines is 1. The van der Waals surface area contributed by atoms with Crippen LogP contribution in [0.2, 0.25) is 5.02 Å². The van der Waals surface area contributed by atoms with E-state index in [1.165, 1.54) is 18.2 Å². The van der Waals surface area contributed by atoms with Gasteiger partial charge in [-0.05, 0) is 46.4 Å². The predicted molar refractivity (Wildman–Crippen MR) is 134 cm³/mol. The van der Waals surface area contributed by atoms with E-state index in [9.17, 15) is 19.5 Å². The fourth-order valence-electron chi connectivity index (χ4n) is 4.24. The van der Waals surface area contributed by atoms with Crippen LogP contribution in [-0.4, -0.2) is 35.7 Å². The summed E-state index contributed by atoms with van der Waals surface area (Å²) in [6.45, 7) is 3.56. The number of ether oxygens (including phenoxy) is 1. The lowest BCUT2D eigenvalue weighted by Gasteiger charge is -2.18. The van der Waals surface area contributed by atoms with Crippen molar-refractivity contribution in [3.63, 3.8) is 0 Å². The van der Waals surface area contributed by atoms with E-state index in [1.807, 2.05) is 36.4 Å². The van der Waals surface area contributed by atoms with Gasteiger partial charge in [0.1, 0.15) is 12.6 Å². The number of benzene rings is 3. The van der Waals surface area contributed by atoms with Crippen LogP contribution in [0.15, 0.2) is 66.7 Å². The van der Waals surface area contributed by atoms with E-state index in [0.717, 1.165) is 22.3 Å². The van der Waals surface area contributed by atoms with Gasteiger partial charge in [0, 0.05) is 11.5 Å². The first-order chi connectivity index (χ1) is 16.8. The number of amides is 2. The summed E-state index contributed by atoms with van der Waals surface area (Å²) in [5.74, 6) is -2.05. The minimum Gasteiger partial charge on any atom is -0.480 e. The Morgan fingerprint density at radius 3 is 2.11 bits per heavy atom. The number of rotatable bonds is 7. The highest BCUT2D eigenvalue weighted by Crippen LogP contribution is 2.44. The van der Waals surface area contributed by atoms with Gasteiger partial charge in [-0.1, -0.05) is 74.0 Å². The second-order valence-electron chi connectivity index (χ2n) is 8.68. The normalized spacial score (nSPS) is 13.0. The highest BCUT2D eigenvalue weighted by molar-refractivity contribution is 6.34. The Labute approximate surface area is 208 Å². The van der Waals surface area contributed by atoms with Crippen LogP contribution in [0.5, 0.6) is 0 Å². The number of carbonyl (C=O) groups is 3. The second kappa shape index (κ2) is 10.2. The van der Waals surface area contributed by atoms with Crippen molar-refractivity contribution >= 4 is 35.3 Å². The molecule has 35 heavy (non-hydrogen) atoms. The van der Waals surface area contributed by atoms with Crippen LogP contribution in [0, 0.1) is 5.92 Å². The number of aliphatic carboxylic acids is 1. The van der Waals surface area contributed by atoms with Gasteiger partial charge in [0.15, 0.2) is 0 Å². The van der Waals surface area contributed by atoms with Gasteiger partial charge in [-0.2, -0.15) is 0 Å². The Morgan fingerprint density at radius 2 is 1.57 bits per heavy atom. The zero-order valence-corrected chi connectivity index (χ0v) is 20.0. The van der Waals surface area contributed by atoms with Crippen LogP contribution in [0.25, 0.3) is 11.1 Å². The van der Waals surface area contributed by atoms with E-state index in [-0.39, 0.29) is 34.7 Å². The lowest BCUT2D eigenvalue weighted by atomic mass is 9.98.